The van der Waals surface area contributed by atoms with Gasteiger partial charge in [0.2, 0.25) is 0 Å². The third kappa shape index (κ3) is 2.85. The molecule has 0 N–H and O–H groups in total. The topological polar surface area (TPSA) is 0 Å². The van der Waals surface area contributed by atoms with Gasteiger partial charge in [-0.15, -0.1) is 17.3 Å². The highest BCUT2D eigenvalue weighted by molar-refractivity contribution is 8.01. The van der Waals surface area contributed by atoms with Gasteiger partial charge >= 0.3 is 0 Å². The number of rotatable bonds is 2. The minimum atomic E-state index is -1.28. The largest absolute Gasteiger partial charge is 0.131 e. The maximum Gasteiger partial charge on any atom is 0.129 e. The molecule has 0 saturated heterocycles. The fourth-order valence-corrected chi connectivity index (χ4v) is 5.66. The summed E-state index contributed by atoms with van der Waals surface area (Å²) in [5, 5.41) is 0. The Labute approximate surface area is 128 Å². The van der Waals surface area contributed by atoms with E-state index in [1.54, 1.807) is 0 Å². The van der Waals surface area contributed by atoms with Gasteiger partial charge in [0.05, 0.1) is 4.75 Å². The highest BCUT2D eigenvalue weighted by Crippen LogP contribution is 2.67. The van der Waals surface area contributed by atoms with Crippen molar-refractivity contribution in [3.63, 3.8) is 0 Å². The molecule has 0 radical (unpaired) electrons. The lowest BCUT2D eigenvalue weighted by Gasteiger charge is -2.12. The second-order valence-electron chi connectivity index (χ2n) is 7.21. The molecule has 0 nitrogen and oxygen atoms in total. The summed E-state index contributed by atoms with van der Waals surface area (Å²) in [6, 6.07) is 10.9. The molecule has 2 unspecified atom stereocenters. The first-order valence-electron chi connectivity index (χ1n) is 7.80. The Kier molecular flexibility index (Phi) is 3.77. The number of hydrogen-bond donors (Lipinski definition) is 0. The Morgan fingerprint density at radius 2 is 1.65 bits per heavy atom. The highest BCUT2D eigenvalue weighted by Gasteiger charge is 2.64. The third-order valence-electron chi connectivity index (χ3n) is 4.42. The van der Waals surface area contributed by atoms with Crippen LogP contribution in [-0.2, 0) is 0 Å². The molecule has 2 heteroatoms. The van der Waals surface area contributed by atoms with Crippen molar-refractivity contribution in [1.82, 2.24) is 0 Å². The Bertz CT molecular complexity index is 520. The van der Waals surface area contributed by atoms with Crippen molar-refractivity contribution in [1.29, 1.82) is 0 Å². The van der Waals surface area contributed by atoms with Gasteiger partial charge in [-0.05, 0) is 36.8 Å². The van der Waals surface area contributed by atoms with Crippen molar-refractivity contribution >= 4 is 19.8 Å². The zero-order valence-electron chi connectivity index (χ0n) is 12.8. The van der Waals surface area contributed by atoms with Crippen LogP contribution in [0.4, 0.5) is 0 Å². The van der Waals surface area contributed by atoms with Gasteiger partial charge < -0.3 is 0 Å². The van der Waals surface area contributed by atoms with Gasteiger partial charge in [-0.25, -0.2) is 0 Å². The van der Waals surface area contributed by atoms with Crippen LogP contribution in [0, 0.1) is 23.3 Å². The Morgan fingerprint density at radius 3 is 2.20 bits per heavy atom. The van der Waals surface area contributed by atoms with Crippen molar-refractivity contribution < 1.29 is 0 Å². The summed E-state index contributed by atoms with van der Waals surface area (Å²) in [6.45, 7) is 7.06. The van der Waals surface area contributed by atoms with Crippen molar-refractivity contribution in [3.05, 3.63) is 30.3 Å². The molecule has 2 fully saturated rings. The van der Waals surface area contributed by atoms with Gasteiger partial charge in [-0.3, -0.25) is 0 Å². The van der Waals surface area contributed by atoms with Crippen LogP contribution in [0.15, 0.2) is 35.2 Å². The van der Waals surface area contributed by atoms with Crippen LogP contribution in [0.5, 0.6) is 0 Å². The Morgan fingerprint density at radius 1 is 1.05 bits per heavy atom. The molecule has 2 saturated carbocycles. The van der Waals surface area contributed by atoms with Crippen LogP contribution in [0.25, 0.3) is 0 Å². The summed E-state index contributed by atoms with van der Waals surface area (Å²) in [6.07, 6.45) is 5.61. The third-order valence-corrected chi connectivity index (χ3v) is 6.85. The number of benzene rings is 1. The summed E-state index contributed by atoms with van der Waals surface area (Å²) in [5.74, 6) is 5.48. The van der Waals surface area contributed by atoms with Gasteiger partial charge in [0, 0.05) is 4.90 Å². The van der Waals surface area contributed by atoms with E-state index in [2.05, 4.69) is 73.2 Å². The van der Waals surface area contributed by atoms with E-state index >= 15 is 0 Å². The van der Waals surface area contributed by atoms with Crippen LogP contribution >= 0.6 is 11.8 Å². The highest BCUT2D eigenvalue weighted by atomic mass is 32.2. The van der Waals surface area contributed by atoms with E-state index in [9.17, 15) is 0 Å². The summed E-state index contributed by atoms with van der Waals surface area (Å²) in [4.78, 5) is 1.40. The van der Waals surface area contributed by atoms with E-state index in [1.807, 2.05) is 0 Å². The number of thioether (sulfide) groups is 1. The zero-order valence-corrected chi connectivity index (χ0v) is 14.6. The first kappa shape index (κ1) is 14.3. The maximum absolute atomic E-state index is 3.78. The van der Waals surface area contributed by atoms with Crippen LogP contribution in [0.2, 0.25) is 19.6 Å². The average molecular weight is 301 g/mol. The maximum atomic E-state index is 3.78. The van der Waals surface area contributed by atoms with Gasteiger partial charge in [-0.1, -0.05) is 56.6 Å². The second-order valence-corrected chi connectivity index (χ2v) is 13.3. The average Bonchev–Trinajstić information content (AvgIpc) is 3.06. The SMILES string of the molecule is C[Si](C)(C)C#CC1(Sc2ccccc2)C2CCCCC21. The van der Waals surface area contributed by atoms with Gasteiger partial charge in [-0.2, -0.15) is 0 Å². The molecule has 0 aliphatic heterocycles. The molecule has 2 aliphatic carbocycles. The van der Waals surface area contributed by atoms with E-state index < -0.39 is 8.07 Å². The normalized spacial score (nSPS) is 31.9. The predicted molar refractivity (Wildman–Crippen MR) is 91.6 cm³/mol. The number of fused-ring (bicyclic) bond motifs is 1. The summed E-state index contributed by atoms with van der Waals surface area (Å²) in [5.41, 5.74) is 3.67. The Hall–Kier alpha value is -0.653. The molecule has 2 aliphatic rings. The fourth-order valence-electron chi connectivity index (χ4n) is 3.40. The van der Waals surface area contributed by atoms with Crippen molar-refractivity contribution in [2.45, 2.75) is 55.0 Å². The van der Waals surface area contributed by atoms with E-state index in [4.69, 9.17) is 0 Å². The molecule has 20 heavy (non-hydrogen) atoms. The van der Waals surface area contributed by atoms with Crippen molar-refractivity contribution in [2.75, 3.05) is 0 Å². The lowest BCUT2D eigenvalue weighted by Crippen LogP contribution is -2.18. The van der Waals surface area contributed by atoms with Gasteiger partial charge in [0.15, 0.2) is 0 Å². The fraction of sp³-hybridized carbons (Fsp3) is 0.556. The summed E-state index contributed by atoms with van der Waals surface area (Å²) >= 11 is 2.05. The summed E-state index contributed by atoms with van der Waals surface area (Å²) in [7, 11) is -1.28. The minimum Gasteiger partial charge on any atom is -0.131 e. The lowest BCUT2D eigenvalue weighted by molar-refractivity contribution is 0.480. The molecule has 1 aromatic carbocycles. The Balaban J connectivity index is 1.87. The van der Waals surface area contributed by atoms with Crippen molar-refractivity contribution in [3.8, 4) is 11.5 Å². The zero-order chi connectivity index (χ0) is 14.2. The van der Waals surface area contributed by atoms with E-state index in [1.165, 1.54) is 30.6 Å². The smallest absolute Gasteiger partial charge is 0.129 e. The first-order valence-corrected chi connectivity index (χ1v) is 12.1. The monoisotopic (exact) mass is 300 g/mol. The molecule has 2 atom stereocenters. The molecule has 0 aromatic heterocycles. The van der Waals surface area contributed by atoms with Gasteiger partial charge in [0.1, 0.15) is 8.07 Å². The van der Waals surface area contributed by atoms with E-state index in [0.717, 1.165) is 11.8 Å². The van der Waals surface area contributed by atoms with E-state index in [0.29, 0.717) is 0 Å². The molecule has 1 aromatic rings. The van der Waals surface area contributed by atoms with Crippen molar-refractivity contribution in [2.24, 2.45) is 11.8 Å². The molecule has 0 amide bonds. The molecular weight excluding hydrogens is 276 g/mol. The van der Waals surface area contributed by atoms with Crippen LogP contribution < -0.4 is 0 Å². The lowest BCUT2D eigenvalue weighted by atomic mass is 10.0. The van der Waals surface area contributed by atoms with Crippen LogP contribution in [0.3, 0.4) is 0 Å². The van der Waals surface area contributed by atoms with Crippen LogP contribution in [0.1, 0.15) is 25.7 Å². The number of hydrogen-bond acceptors (Lipinski definition) is 1. The van der Waals surface area contributed by atoms with E-state index in [-0.39, 0.29) is 4.75 Å². The second kappa shape index (κ2) is 5.28. The predicted octanol–water partition coefficient (Wildman–Crippen LogP) is 5.22. The molecule has 0 bridgehead atoms. The molecule has 0 spiro atoms. The quantitative estimate of drug-likeness (QED) is 0.533. The molecule has 0 heterocycles. The minimum absolute atomic E-state index is 0.248. The molecular formula is C18H24SSi. The molecule has 3 rings (SSSR count). The first-order chi connectivity index (χ1) is 9.51. The molecule has 106 valence electrons. The summed E-state index contributed by atoms with van der Waals surface area (Å²) < 4.78 is 0.248. The van der Waals surface area contributed by atoms with Gasteiger partial charge in [0.25, 0.3) is 0 Å². The van der Waals surface area contributed by atoms with Crippen LogP contribution in [-0.4, -0.2) is 12.8 Å². The standard InChI is InChI=1S/C18H24SSi/c1-20(2,3)14-13-18(16-11-7-8-12-17(16)18)19-15-9-5-4-6-10-15/h4-6,9-10,16-17H,7-8,11-12H2,1-3H3.